The first-order chi connectivity index (χ1) is 14.1. The molecule has 1 aliphatic rings. The van der Waals surface area contributed by atoms with E-state index in [0.717, 1.165) is 35.2 Å². The van der Waals surface area contributed by atoms with Gasteiger partial charge in [0.2, 0.25) is 5.91 Å². The van der Waals surface area contributed by atoms with E-state index in [1.54, 1.807) is 0 Å². The first kappa shape index (κ1) is 19.3. The van der Waals surface area contributed by atoms with Crippen LogP contribution in [-0.4, -0.2) is 29.7 Å². The maximum atomic E-state index is 12.4. The molecule has 1 N–H and O–H groups in total. The number of aryl methyl sites for hydroxylation is 1. The number of pyridine rings is 1. The average molecular weight is 403 g/mol. The molecule has 146 valence electrons. The van der Waals surface area contributed by atoms with Crippen LogP contribution in [0.1, 0.15) is 24.0 Å². The number of carbonyl (C=O) groups is 1. The lowest BCUT2D eigenvalue weighted by Crippen LogP contribution is -2.18. The van der Waals surface area contributed by atoms with Crippen molar-refractivity contribution in [3.05, 3.63) is 59.7 Å². The number of nitrogens with one attached hydrogen (secondary N) is 1. The highest BCUT2D eigenvalue weighted by Gasteiger charge is 2.13. The van der Waals surface area contributed by atoms with E-state index in [2.05, 4.69) is 33.4 Å². The Morgan fingerprint density at radius 2 is 1.93 bits per heavy atom. The number of carbonyl (C=O) groups excluding carboxylic acids is 1. The van der Waals surface area contributed by atoms with E-state index in [1.165, 1.54) is 30.3 Å². The third kappa shape index (κ3) is 4.52. The van der Waals surface area contributed by atoms with E-state index in [0.29, 0.717) is 10.6 Å². The summed E-state index contributed by atoms with van der Waals surface area (Å²) in [6.07, 6.45) is 2.48. The third-order valence-electron chi connectivity index (χ3n) is 5.02. The summed E-state index contributed by atoms with van der Waals surface area (Å²) < 4.78 is 0. The smallest absolute Gasteiger partial charge is 0.234 e. The molecule has 2 heterocycles. The lowest BCUT2D eigenvalue weighted by atomic mass is 10.1. The Labute approximate surface area is 174 Å². The fraction of sp³-hybridized carbons (Fsp3) is 0.261. The maximum Gasteiger partial charge on any atom is 0.234 e. The van der Waals surface area contributed by atoms with Crippen molar-refractivity contribution >= 4 is 39.9 Å². The minimum Gasteiger partial charge on any atom is -0.372 e. The summed E-state index contributed by atoms with van der Waals surface area (Å²) in [6.45, 7) is 4.21. The molecular formula is C23H22N4OS. The summed E-state index contributed by atoms with van der Waals surface area (Å²) in [6, 6.07) is 18.0. The second kappa shape index (κ2) is 8.54. The molecule has 1 fully saturated rings. The first-order valence-corrected chi connectivity index (χ1v) is 10.7. The Balaban J connectivity index is 1.40. The highest BCUT2D eigenvalue weighted by Crippen LogP contribution is 2.26. The second-order valence-corrected chi connectivity index (χ2v) is 8.19. The largest absolute Gasteiger partial charge is 0.372 e. The number of fused-ring (bicyclic) bond motifs is 1. The lowest BCUT2D eigenvalue weighted by Gasteiger charge is -2.17. The van der Waals surface area contributed by atoms with E-state index < -0.39 is 0 Å². The molecule has 1 aliphatic heterocycles. The first-order valence-electron chi connectivity index (χ1n) is 9.71. The lowest BCUT2D eigenvalue weighted by molar-refractivity contribution is -0.113. The molecule has 1 aromatic heterocycles. The van der Waals surface area contributed by atoms with Crippen molar-refractivity contribution in [2.75, 3.05) is 29.1 Å². The number of nitriles is 1. The second-order valence-electron chi connectivity index (χ2n) is 7.23. The number of hydrogen-bond donors (Lipinski definition) is 1. The van der Waals surface area contributed by atoms with Gasteiger partial charge in [0.15, 0.2) is 0 Å². The van der Waals surface area contributed by atoms with E-state index in [4.69, 9.17) is 0 Å². The number of anilines is 2. The predicted molar refractivity (Wildman–Crippen MR) is 118 cm³/mol. The Morgan fingerprint density at radius 1 is 1.17 bits per heavy atom. The monoisotopic (exact) mass is 402 g/mol. The molecule has 1 saturated heterocycles. The molecule has 4 rings (SSSR count). The summed E-state index contributed by atoms with van der Waals surface area (Å²) in [7, 11) is 0. The molecule has 0 bridgehead atoms. The third-order valence-corrected chi connectivity index (χ3v) is 6.01. The molecule has 1 amide bonds. The summed E-state index contributed by atoms with van der Waals surface area (Å²) >= 11 is 1.29. The van der Waals surface area contributed by atoms with Gasteiger partial charge < -0.3 is 10.2 Å². The van der Waals surface area contributed by atoms with Crippen molar-refractivity contribution in [1.82, 2.24) is 4.98 Å². The van der Waals surface area contributed by atoms with Crippen LogP contribution in [0.2, 0.25) is 0 Å². The highest BCUT2D eigenvalue weighted by molar-refractivity contribution is 8.00. The van der Waals surface area contributed by atoms with Crippen molar-refractivity contribution in [2.45, 2.75) is 24.8 Å². The predicted octanol–water partition coefficient (Wildman–Crippen LogP) is 4.75. The number of aromatic nitrogens is 1. The van der Waals surface area contributed by atoms with Crippen LogP contribution >= 0.6 is 11.8 Å². The maximum absolute atomic E-state index is 12.4. The van der Waals surface area contributed by atoms with Gasteiger partial charge in [-0.05, 0) is 62.2 Å². The molecule has 6 heteroatoms. The molecule has 0 spiro atoms. The number of nitrogens with zero attached hydrogens (tertiary/aromatic N) is 3. The van der Waals surface area contributed by atoms with Crippen molar-refractivity contribution in [3.63, 3.8) is 0 Å². The molecule has 0 atom stereocenters. The minimum atomic E-state index is -0.112. The van der Waals surface area contributed by atoms with E-state index in [-0.39, 0.29) is 11.7 Å². The average Bonchev–Trinajstić information content (AvgIpc) is 3.27. The standard InChI is InChI=1S/C23H22N4OS/c1-16-4-9-21-17(12-16)13-18(14-24)23(26-21)29-15-22(28)25-19-5-7-20(8-6-19)27-10-2-3-11-27/h4-9,12-13H,2-3,10-11,15H2,1H3,(H,25,28). The van der Waals surface area contributed by atoms with Crippen molar-refractivity contribution < 1.29 is 4.79 Å². The van der Waals surface area contributed by atoms with Gasteiger partial charge in [-0.15, -0.1) is 0 Å². The van der Waals surface area contributed by atoms with E-state index in [9.17, 15) is 10.1 Å². The topological polar surface area (TPSA) is 69.0 Å². The van der Waals surface area contributed by atoms with Gasteiger partial charge in [0.25, 0.3) is 0 Å². The number of rotatable bonds is 5. The highest BCUT2D eigenvalue weighted by atomic mass is 32.2. The molecule has 0 unspecified atom stereocenters. The molecule has 29 heavy (non-hydrogen) atoms. The van der Waals surface area contributed by atoms with Gasteiger partial charge >= 0.3 is 0 Å². The van der Waals surface area contributed by atoms with Gasteiger partial charge in [-0.2, -0.15) is 5.26 Å². The molecular weight excluding hydrogens is 380 g/mol. The van der Waals surface area contributed by atoms with Crippen LogP contribution in [0, 0.1) is 18.3 Å². The van der Waals surface area contributed by atoms with Gasteiger partial charge in [-0.3, -0.25) is 4.79 Å². The fourth-order valence-corrected chi connectivity index (χ4v) is 4.29. The summed E-state index contributed by atoms with van der Waals surface area (Å²) in [5.41, 5.74) is 4.43. The Morgan fingerprint density at radius 3 is 2.66 bits per heavy atom. The van der Waals surface area contributed by atoms with Crippen LogP contribution in [-0.2, 0) is 4.79 Å². The molecule has 0 saturated carbocycles. The fourth-order valence-electron chi connectivity index (χ4n) is 3.53. The van der Waals surface area contributed by atoms with Crippen LogP contribution in [0.25, 0.3) is 10.9 Å². The van der Waals surface area contributed by atoms with Crippen LogP contribution in [0.4, 0.5) is 11.4 Å². The van der Waals surface area contributed by atoms with Gasteiger partial charge in [0, 0.05) is 29.9 Å². The van der Waals surface area contributed by atoms with Gasteiger partial charge in [0.05, 0.1) is 16.8 Å². The normalized spacial score (nSPS) is 13.4. The Bertz CT molecular complexity index is 1080. The summed E-state index contributed by atoms with van der Waals surface area (Å²) in [5, 5.41) is 13.9. The van der Waals surface area contributed by atoms with Crippen molar-refractivity contribution in [2.24, 2.45) is 0 Å². The Kier molecular flexibility index (Phi) is 5.68. The molecule has 3 aromatic rings. The van der Waals surface area contributed by atoms with Crippen LogP contribution < -0.4 is 10.2 Å². The summed E-state index contributed by atoms with van der Waals surface area (Å²) in [5.74, 6) is 0.0889. The van der Waals surface area contributed by atoms with Crippen molar-refractivity contribution in [1.29, 1.82) is 5.26 Å². The molecule has 2 aromatic carbocycles. The zero-order chi connectivity index (χ0) is 20.2. The van der Waals surface area contributed by atoms with Crippen LogP contribution in [0.3, 0.4) is 0 Å². The van der Waals surface area contributed by atoms with Gasteiger partial charge in [0.1, 0.15) is 11.1 Å². The molecule has 0 radical (unpaired) electrons. The Hall–Kier alpha value is -3.04. The SMILES string of the molecule is Cc1ccc2nc(SCC(=O)Nc3ccc(N4CCCC4)cc3)c(C#N)cc2c1. The van der Waals surface area contributed by atoms with Crippen LogP contribution in [0.5, 0.6) is 0 Å². The quantitative estimate of drug-likeness (QED) is 0.624. The van der Waals surface area contributed by atoms with Crippen LogP contribution in [0.15, 0.2) is 53.6 Å². The molecule has 0 aliphatic carbocycles. The van der Waals surface area contributed by atoms with Gasteiger partial charge in [-0.1, -0.05) is 23.4 Å². The van der Waals surface area contributed by atoms with Gasteiger partial charge in [-0.25, -0.2) is 4.98 Å². The zero-order valence-corrected chi connectivity index (χ0v) is 17.1. The summed E-state index contributed by atoms with van der Waals surface area (Å²) in [4.78, 5) is 19.3. The number of hydrogen-bond acceptors (Lipinski definition) is 5. The zero-order valence-electron chi connectivity index (χ0n) is 16.3. The number of amides is 1. The van der Waals surface area contributed by atoms with Crippen molar-refractivity contribution in [3.8, 4) is 6.07 Å². The number of thioether (sulfide) groups is 1. The minimum absolute atomic E-state index is 0.112. The molecule has 5 nitrogen and oxygen atoms in total. The van der Waals surface area contributed by atoms with E-state index in [1.807, 2.05) is 43.3 Å². The number of benzene rings is 2. The van der Waals surface area contributed by atoms with E-state index >= 15 is 0 Å².